The van der Waals surface area contributed by atoms with Gasteiger partial charge >= 0.3 is 0 Å². The van der Waals surface area contributed by atoms with Crippen LogP contribution in [0.3, 0.4) is 0 Å². The van der Waals surface area contributed by atoms with E-state index in [2.05, 4.69) is 70.6 Å². The van der Waals surface area contributed by atoms with Crippen molar-refractivity contribution in [2.24, 2.45) is 0 Å². The Labute approximate surface area is 193 Å². The van der Waals surface area contributed by atoms with Crippen molar-refractivity contribution in [2.75, 3.05) is 21.1 Å². The molecule has 178 valence electrons. The maximum atomic E-state index is 10.2. The van der Waals surface area contributed by atoms with Crippen LogP contribution in [0.4, 0.5) is 0 Å². The lowest BCUT2D eigenvalue weighted by atomic mass is 10.1. The van der Waals surface area contributed by atoms with Crippen LogP contribution >= 0.6 is 0 Å². The van der Waals surface area contributed by atoms with Crippen LogP contribution in [0, 0.1) is 0 Å². The molecule has 0 unspecified atom stereocenters. The first-order chi connectivity index (χ1) is 14.8. The topological polar surface area (TPSA) is 40.1 Å². The SMILES string of the molecule is CCCCCCCC/C=C\CCCCCCCC(=O)[O-].C[N+](C)(C)Cc1ccccc1. The third-order valence-electron chi connectivity index (χ3n) is 5.14. The Morgan fingerprint density at radius 3 is 1.74 bits per heavy atom. The summed E-state index contributed by atoms with van der Waals surface area (Å²) < 4.78 is 0.990. The van der Waals surface area contributed by atoms with Crippen molar-refractivity contribution in [1.82, 2.24) is 0 Å². The van der Waals surface area contributed by atoms with Crippen molar-refractivity contribution < 1.29 is 14.4 Å². The van der Waals surface area contributed by atoms with E-state index in [1.54, 1.807) is 0 Å². The normalized spacial score (nSPS) is 11.4. The summed E-state index contributed by atoms with van der Waals surface area (Å²) in [5.74, 6) is -0.914. The molecule has 0 aliphatic carbocycles. The zero-order chi connectivity index (χ0) is 23.2. The van der Waals surface area contributed by atoms with E-state index in [1.807, 2.05) is 0 Å². The van der Waals surface area contributed by atoms with Crippen molar-refractivity contribution in [2.45, 2.75) is 103 Å². The maximum absolute atomic E-state index is 10.2. The number of carboxylic acids is 1. The van der Waals surface area contributed by atoms with Gasteiger partial charge in [0.05, 0.1) is 21.1 Å². The van der Waals surface area contributed by atoms with Gasteiger partial charge in [0.2, 0.25) is 0 Å². The van der Waals surface area contributed by atoms with Gasteiger partial charge in [0.1, 0.15) is 6.54 Å². The highest BCUT2D eigenvalue weighted by molar-refractivity contribution is 5.64. The van der Waals surface area contributed by atoms with Crippen LogP contribution < -0.4 is 5.11 Å². The van der Waals surface area contributed by atoms with Crippen LogP contribution in [-0.2, 0) is 11.3 Å². The van der Waals surface area contributed by atoms with Crippen molar-refractivity contribution in [3.63, 3.8) is 0 Å². The fourth-order valence-electron chi connectivity index (χ4n) is 3.47. The summed E-state index contributed by atoms with van der Waals surface area (Å²) in [5, 5.41) is 10.2. The van der Waals surface area contributed by atoms with Crippen LogP contribution in [0.1, 0.15) is 102 Å². The van der Waals surface area contributed by atoms with Crippen LogP contribution in [-0.4, -0.2) is 31.6 Å². The number of allylic oxidation sites excluding steroid dienone is 2. The van der Waals surface area contributed by atoms with Gasteiger partial charge in [-0.2, -0.15) is 0 Å². The Kier molecular flexibility index (Phi) is 19.2. The van der Waals surface area contributed by atoms with Gasteiger partial charge in [-0.1, -0.05) is 101 Å². The van der Waals surface area contributed by atoms with Crippen molar-refractivity contribution in [3.05, 3.63) is 48.0 Å². The summed E-state index contributed by atoms with van der Waals surface area (Å²) in [6, 6.07) is 10.6. The molecule has 0 N–H and O–H groups in total. The van der Waals surface area contributed by atoms with Gasteiger partial charge in [-0.25, -0.2) is 0 Å². The van der Waals surface area contributed by atoms with Gasteiger partial charge in [0.15, 0.2) is 0 Å². The van der Waals surface area contributed by atoms with E-state index in [-0.39, 0.29) is 6.42 Å². The van der Waals surface area contributed by atoms with Crippen LogP contribution in [0.25, 0.3) is 0 Å². The number of carboxylic acid groups (broad SMARTS) is 1. The molecule has 1 rings (SSSR count). The second-order valence-electron chi connectivity index (χ2n) is 9.64. The summed E-state index contributed by atoms with van der Waals surface area (Å²) in [7, 11) is 6.60. The molecule has 0 radical (unpaired) electrons. The molecule has 1 aromatic rings. The summed E-state index contributed by atoms with van der Waals surface area (Å²) in [6.45, 7) is 3.35. The minimum atomic E-state index is -0.914. The van der Waals surface area contributed by atoms with Crippen molar-refractivity contribution in [3.8, 4) is 0 Å². The summed E-state index contributed by atoms with van der Waals surface area (Å²) >= 11 is 0. The van der Waals surface area contributed by atoms with E-state index in [0.717, 1.165) is 30.3 Å². The van der Waals surface area contributed by atoms with Crippen LogP contribution in [0.5, 0.6) is 0 Å². The molecule has 0 aliphatic rings. The number of benzene rings is 1. The number of hydrogen-bond donors (Lipinski definition) is 0. The Hall–Kier alpha value is -1.61. The predicted molar refractivity (Wildman–Crippen MR) is 133 cm³/mol. The first-order valence-electron chi connectivity index (χ1n) is 12.5. The third-order valence-corrected chi connectivity index (χ3v) is 5.14. The molecule has 0 aromatic heterocycles. The van der Waals surface area contributed by atoms with Gasteiger partial charge in [-0.15, -0.1) is 0 Å². The molecule has 0 bridgehead atoms. The molecule has 3 heteroatoms. The standard InChI is InChI=1S/C18H34O2.C10H16N/c1-2-3-4-5-6-7-8-9-10-11-12-13-14-15-16-17-18(19)20;1-11(2,3)9-10-7-5-4-6-8-10/h9-10H,2-8,11-17H2,1H3,(H,19,20);4-8H,9H2,1-3H3/q;+1/p-1/b10-9-;. The van der Waals surface area contributed by atoms with E-state index >= 15 is 0 Å². The van der Waals surface area contributed by atoms with Crippen LogP contribution in [0.15, 0.2) is 42.5 Å². The lowest BCUT2D eigenvalue weighted by Crippen LogP contribution is -2.33. The van der Waals surface area contributed by atoms with E-state index in [0.29, 0.717) is 0 Å². The van der Waals surface area contributed by atoms with Gasteiger partial charge in [-0.05, 0) is 38.5 Å². The quantitative estimate of drug-likeness (QED) is 0.157. The van der Waals surface area contributed by atoms with Gasteiger partial charge < -0.3 is 14.4 Å². The van der Waals surface area contributed by atoms with E-state index in [9.17, 15) is 9.90 Å². The molecule has 3 nitrogen and oxygen atoms in total. The lowest BCUT2D eigenvalue weighted by Gasteiger charge is -2.23. The van der Waals surface area contributed by atoms with Gasteiger partial charge in [0, 0.05) is 11.5 Å². The number of carbonyl (C=O) groups is 1. The highest BCUT2D eigenvalue weighted by Gasteiger charge is 2.06. The minimum absolute atomic E-state index is 0.220. The first-order valence-corrected chi connectivity index (χ1v) is 12.5. The van der Waals surface area contributed by atoms with E-state index in [1.165, 1.54) is 69.8 Å². The molecular formula is C28H49NO2. The Bertz CT molecular complexity index is 546. The van der Waals surface area contributed by atoms with E-state index < -0.39 is 5.97 Å². The average molecular weight is 432 g/mol. The maximum Gasteiger partial charge on any atom is 0.104 e. The monoisotopic (exact) mass is 431 g/mol. The van der Waals surface area contributed by atoms with E-state index in [4.69, 9.17) is 0 Å². The molecule has 31 heavy (non-hydrogen) atoms. The minimum Gasteiger partial charge on any atom is -0.550 e. The molecule has 0 fully saturated rings. The highest BCUT2D eigenvalue weighted by atomic mass is 16.4. The molecule has 0 amide bonds. The predicted octanol–water partition coefficient (Wildman–Crippen LogP) is 6.67. The summed E-state index contributed by atoms with van der Waals surface area (Å²) in [5.41, 5.74) is 1.40. The Morgan fingerprint density at radius 1 is 0.774 bits per heavy atom. The van der Waals surface area contributed by atoms with Crippen LogP contribution in [0.2, 0.25) is 0 Å². The second-order valence-corrected chi connectivity index (χ2v) is 9.64. The van der Waals surface area contributed by atoms with Gasteiger partial charge in [-0.3, -0.25) is 0 Å². The smallest absolute Gasteiger partial charge is 0.104 e. The number of rotatable bonds is 17. The number of carbonyl (C=O) groups excluding carboxylic acids is 1. The molecular weight excluding hydrogens is 382 g/mol. The van der Waals surface area contributed by atoms with Gasteiger partial charge in [0.25, 0.3) is 0 Å². The molecule has 0 aliphatic heterocycles. The van der Waals surface area contributed by atoms with Crippen molar-refractivity contribution >= 4 is 5.97 Å². The zero-order valence-electron chi connectivity index (χ0n) is 20.9. The summed E-state index contributed by atoms with van der Waals surface area (Å²) in [4.78, 5) is 10.2. The number of quaternary nitrogens is 1. The molecule has 1 aromatic carbocycles. The number of aliphatic carboxylic acids is 1. The second kappa shape index (κ2) is 20.3. The Morgan fingerprint density at radius 2 is 1.26 bits per heavy atom. The molecule has 0 saturated carbocycles. The Balaban J connectivity index is 0.000000683. The zero-order valence-corrected chi connectivity index (χ0v) is 20.9. The molecule has 0 atom stereocenters. The molecule has 0 heterocycles. The highest BCUT2D eigenvalue weighted by Crippen LogP contribution is 2.09. The number of hydrogen-bond acceptors (Lipinski definition) is 2. The first kappa shape index (κ1) is 29.4. The average Bonchev–Trinajstić information content (AvgIpc) is 2.71. The fourth-order valence-corrected chi connectivity index (χ4v) is 3.47. The fraction of sp³-hybridized carbons (Fsp3) is 0.679. The number of nitrogens with zero attached hydrogens (tertiary/aromatic N) is 1. The lowest BCUT2D eigenvalue weighted by molar-refractivity contribution is -0.884. The molecule has 0 saturated heterocycles. The number of unbranched alkanes of at least 4 members (excludes halogenated alkanes) is 11. The summed E-state index contributed by atoms with van der Waals surface area (Å²) in [6.07, 6.45) is 20.9. The molecule has 0 spiro atoms. The largest absolute Gasteiger partial charge is 0.550 e. The van der Waals surface area contributed by atoms with Crippen molar-refractivity contribution in [1.29, 1.82) is 0 Å². The third kappa shape index (κ3) is 24.5.